The van der Waals surface area contributed by atoms with Crippen LogP contribution in [0.3, 0.4) is 0 Å². The minimum atomic E-state index is -3.47. The second kappa shape index (κ2) is 8.13. The molecule has 5 nitrogen and oxygen atoms in total. The zero-order valence-electron chi connectivity index (χ0n) is 13.8. The van der Waals surface area contributed by atoms with Crippen LogP contribution >= 0.6 is 12.4 Å². The monoisotopic (exact) mass is 360 g/mol. The van der Waals surface area contributed by atoms with Gasteiger partial charge in [-0.15, -0.1) is 12.4 Å². The highest BCUT2D eigenvalue weighted by atomic mass is 35.5. The van der Waals surface area contributed by atoms with Gasteiger partial charge in [0, 0.05) is 19.1 Å². The average molecular weight is 361 g/mol. The molecule has 0 aliphatic carbocycles. The van der Waals surface area contributed by atoms with E-state index < -0.39 is 15.1 Å². The van der Waals surface area contributed by atoms with Crippen LogP contribution in [0.4, 0.5) is 0 Å². The SMILES string of the molecule is CNC1CCN(C(=O)c2ccccc2S(=O)(=O)C(C)C)CC1.Cl. The molecule has 1 heterocycles. The molecule has 23 heavy (non-hydrogen) atoms. The van der Waals surface area contributed by atoms with Crippen molar-refractivity contribution >= 4 is 28.2 Å². The summed E-state index contributed by atoms with van der Waals surface area (Å²) in [6.45, 7) is 4.57. The van der Waals surface area contributed by atoms with E-state index in [2.05, 4.69) is 5.32 Å². The smallest absolute Gasteiger partial charge is 0.255 e. The van der Waals surface area contributed by atoms with Gasteiger partial charge in [-0.2, -0.15) is 0 Å². The lowest BCUT2D eigenvalue weighted by Crippen LogP contribution is -2.44. The van der Waals surface area contributed by atoms with Gasteiger partial charge in [-0.1, -0.05) is 12.1 Å². The van der Waals surface area contributed by atoms with Gasteiger partial charge in [0.2, 0.25) is 0 Å². The minimum absolute atomic E-state index is 0. The van der Waals surface area contributed by atoms with Gasteiger partial charge >= 0.3 is 0 Å². The summed E-state index contributed by atoms with van der Waals surface area (Å²) in [6.07, 6.45) is 1.78. The average Bonchev–Trinajstić information content (AvgIpc) is 2.54. The lowest BCUT2D eigenvalue weighted by atomic mass is 10.0. The summed E-state index contributed by atoms with van der Waals surface area (Å²) in [6, 6.07) is 6.95. The first-order valence-electron chi connectivity index (χ1n) is 7.67. The van der Waals surface area contributed by atoms with E-state index in [4.69, 9.17) is 0 Å². The summed E-state index contributed by atoms with van der Waals surface area (Å²) >= 11 is 0. The van der Waals surface area contributed by atoms with Crippen LogP contribution in [0.1, 0.15) is 37.0 Å². The predicted octanol–water partition coefficient (Wildman–Crippen LogP) is 2.11. The molecule has 1 amide bonds. The quantitative estimate of drug-likeness (QED) is 0.893. The van der Waals surface area contributed by atoms with Crippen LogP contribution in [-0.2, 0) is 9.84 Å². The van der Waals surface area contributed by atoms with E-state index >= 15 is 0 Å². The van der Waals surface area contributed by atoms with Gasteiger partial charge in [0.25, 0.3) is 5.91 Å². The van der Waals surface area contributed by atoms with Crippen molar-refractivity contribution in [2.45, 2.75) is 42.9 Å². The molecule has 1 aromatic carbocycles. The summed E-state index contributed by atoms with van der Waals surface area (Å²) in [4.78, 5) is 14.6. The van der Waals surface area contributed by atoms with Crippen LogP contribution in [0.15, 0.2) is 29.2 Å². The highest BCUT2D eigenvalue weighted by Gasteiger charge is 2.29. The van der Waals surface area contributed by atoms with Gasteiger partial charge in [0.15, 0.2) is 9.84 Å². The first-order chi connectivity index (χ1) is 10.4. The topological polar surface area (TPSA) is 66.5 Å². The Hall–Kier alpha value is -1.11. The number of rotatable bonds is 4. The molecular formula is C16H25ClN2O3S. The molecule has 1 aliphatic rings. The molecule has 7 heteroatoms. The number of nitrogens with one attached hydrogen (secondary N) is 1. The Labute approximate surface area is 144 Å². The second-order valence-electron chi connectivity index (χ2n) is 5.95. The van der Waals surface area contributed by atoms with Gasteiger partial charge in [-0.3, -0.25) is 4.79 Å². The molecule has 1 fully saturated rings. The molecule has 0 spiro atoms. The van der Waals surface area contributed by atoms with Gasteiger partial charge < -0.3 is 10.2 Å². The highest BCUT2D eigenvalue weighted by Crippen LogP contribution is 2.23. The first kappa shape index (κ1) is 19.9. The van der Waals surface area contributed by atoms with Gasteiger partial charge in [0.1, 0.15) is 0 Å². The number of hydrogen-bond donors (Lipinski definition) is 1. The van der Waals surface area contributed by atoms with Crippen molar-refractivity contribution in [2.24, 2.45) is 0 Å². The number of carbonyl (C=O) groups excluding carboxylic acids is 1. The van der Waals surface area contributed by atoms with E-state index in [0.29, 0.717) is 24.7 Å². The van der Waals surface area contributed by atoms with Crippen molar-refractivity contribution in [3.63, 3.8) is 0 Å². The highest BCUT2D eigenvalue weighted by molar-refractivity contribution is 7.92. The van der Waals surface area contributed by atoms with Crippen molar-refractivity contribution in [1.82, 2.24) is 10.2 Å². The van der Waals surface area contributed by atoms with E-state index in [1.807, 2.05) is 7.05 Å². The van der Waals surface area contributed by atoms with Crippen LogP contribution in [0.25, 0.3) is 0 Å². The number of benzene rings is 1. The van der Waals surface area contributed by atoms with Crippen molar-refractivity contribution in [3.05, 3.63) is 29.8 Å². The van der Waals surface area contributed by atoms with Crippen molar-refractivity contribution in [1.29, 1.82) is 0 Å². The molecule has 1 aliphatic heterocycles. The number of likely N-dealkylation sites (tertiary alicyclic amines) is 1. The summed E-state index contributed by atoms with van der Waals surface area (Å²) in [5.74, 6) is -0.186. The van der Waals surface area contributed by atoms with E-state index in [-0.39, 0.29) is 23.2 Å². The van der Waals surface area contributed by atoms with Crippen LogP contribution < -0.4 is 5.32 Å². The molecule has 1 saturated heterocycles. The molecule has 1 N–H and O–H groups in total. The fraction of sp³-hybridized carbons (Fsp3) is 0.562. The molecule has 130 valence electrons. The maximum Gasteiger partial charge on any atom is 0.255 e. The van der Waals surface area contributed by atoms with Crippen LogP contribution in [0.2, 0.25) is 0 Å². The molecule has 0 aromatic heterocycles. The zero-order valence-corrected chi connectivity index (χ0v) is 15.4. The normalized spacial score (nSPS) is 16.3. The van der Waals surface area contributed by atoms with E-state index in [9.17, 15) is 13.2 Å². The molecule has 0 atom stereocenters. The van der Waals surface area contributed by atoms with E-state index in [0.717, 1.165) is 12.8 Å². The van der Waals surface area contributed by atoms with Gasteiger partial charge in [0.05, 0.1) is 15.7 Å². The summed E-state index contributed by atoms with van der Waals surface area (Å²) in [7, 11) is -1.54. The third kappa shape index (κ3) is 4.25. The molecule has 0 unspecified atom stereocenters. The Kier molecular flexibility index (Phi) is 7.04. The van der Waals surface area contributed by atoms with Crippen LogP contribution in [0.5, 0.6) is 0 Å². The Balaban J connectivity index is 0.00000264. The maximum atomic E-state index is 12.7. The third-order valence-corrected chi connectivity index (χ3v) is 6.45. The molecular weight excluding hydrogens is 336 g/mol. The molecule has 0 radical (unpaired) electrons. The van der Waals surface area contributed by atoms with Gasteiger partial charge in [-0.05, 0) is 45.9 Å². The fourth-order valence-corrected chi connectivity index (χ4v) is 3.92. The van der Waals surface area contributed by atoms with Crippen molar-refractivity contribution < 1.29 is 13.2 Å². The number of hydrogen-bond acceptors (Lipinski definition) is 4. The fourth-order valence-electron chi connectivity index (χ4n) is 2.69. The van der Waals surface area contributed by atoms with Crippen molar-refractivity contribution in [3.8, 4) is 0 Å². The number of halogens is 1. The van der Waals surface area contributed by atoms with E-state index in [1.165, 1.54) is 6.07 Å². The minimum Gasteiger partial charge on any atom is -0.338 e. The van der Waals surface area contributed by atoms with Gasteiger partial charge in [-0.25, -0.2) is 8.42 Å². The lowest BCUT2D eigenvalue weighted by Gasteiger charge is -2.32. The summed E-state index contributed by atoms with van der Waals surface area (Å²) in [5.41, 5.74) is 0.291. The van der Waals surface area contributed by atoms with Crippen molar-refractivity contribution in [2.75, 3.05) is 20.1 Å². The predicted molar refractivity (Wildman–Crippen MR) is 94.0 cm³/mol. The molecule has 2 rings (SSSR count). The first-order valence-corrected chi connectivity index (χ1v) is 9.22. The molecule has 1 aromatic rings. The third-order valence-electron chi connectivity index (χ3n) is 4.24. The number of nitrogens with zero attached hydrogens (tertiary/aromatic N) is 1. The largest absolute Gasteiger partial charge is 0.338 e. The molecule has 0 bridgehead atoms. The van der Waals surface area contributed by atoms with E-state index in [1.54, 1.807) is 36.9 Å². The standard InChI is InChI=1S/C16H24N2O3S.ClH/c1-12(2)22(20,21)15-7-5-4-6-14(15)16(19)18-10-8-13(17-3)9-11-18;/h4-7,12-13,17H,8-11H2,1-3H3;1H. The number of carbonyl (C=O) groups is 1. The number of piperidine rings is 1. The summed E-state index contributed by atoms with van der Waals surface area (Å²) < 4.78 is 24.9. The summed E-state index contributed by atoms with van der Waals surface area (Å²) in [5, 5.41) is 2.67. The molecule has 0 saturated carbocycles. The Bertz CT molecular complexity index is 638. The lowest BCUT2D eigenvalue weighted by molar-refractivity contribution is 0.0703. The maximum absolute atomic E-state index is 12.7. The second-order valence-corrected chi connectivity index (χ2v) is 8.42. The Morgan fingerprint density at radius 2 is 1.78 bits per heavy atom. The number of amides is 1. The van der Waals surface area contributed by atoms with Crippen LogP contribution in [0, 0.1) is 0 Å². The van der Waals surface area contributed by atoms with Crippen LogP contribution in [-0.4, -0.2) is 50.7 Å². The zero-order chi connectivity index (χ0) is 16.3. The number of sulfone groups is 1. The Morgan fingerprint density at radius 1 is 1.22 bits per heavy atom. The Morgan fingerprint density at radius 3 is 2.30 bits per heavy atom.